The van der Waals surface area contributed by atoms with E-state index >= 15 is 0 Å². The molecule has 9 nitrogen and oxygen atoms in total. The Morgan fingerprint density at radius 2 is 1.89 bits per heavy atom. The molecule has 0 unspecified atom stereocenters. The minimum atomic E-state index is -4.63. The zero-order chi connectivity index (χ0) is 26.0. The van der Waals surface area contributed by atoms with E-state index in [1.807, 2.05) is 18.2 Å². The van der Waals surface area contributed by atoms with Gasteiger partial charge in [0.1, 0.15) is 19.0 Å². The summed E-state index contributed by atoms with van der Waals surface area (Å²) in [6, 6.07) is 9.07. The number of nitrogens with two attached hydrogens (primary N) is 2. The van der Waals surface area contributed by atoms with Crippen LogP contribution in [0.5, 0.6) is 17.2 Å². The lowest BCUT2D eigenvalue weighted by atomic mass is 10.1. The molecule has 2 aliphatic heterocycles. The van der Waals surface area contributed by atoms with E-state index in [2.05, 4.69) is 10.1 Å². The first-order valence-corrected chi connectivity index (χ1v) is 12.0. The van der Waals surface area contributed by atoms with Crippen molar-refractivity contribution in [2.24, 2.45) is 11.5 Å². The second-order valence-corrected chi connectivity index (χ2v) is 8.87. The van der Waals surface area contributed by atoms with Crippen molar-refractivity contribution < 1.29 is 36.5 Å². The van der Waals surface area contributed by atoms with Gasteiger partial charge in [-0.05, 0) is 61.6 Å². The maximum absolute atomic E-state index is 13.9. The fourth-order valence-corrected chi connectivity index (χ4v) is 4.54. The van der Waals surface area contributed by atoms with Crippen molar-refractivity contribution in [1.29, 1.82) is 0 Å². The number of fused-ring (bicyclic) bond motifs is 1. The number of aryl methyl sites for hydroxylation is 1. The zero-order valence-corrected chi connectivity index (χ0v) is 20.0. The number of benzene rings is 2. The van der Waals surface area contributed by atoms with Gasteiger partial charge in [0.25, 0.3) is 5.89 Å². The molecule has 3 aromatic rings. The van der Waals surface area contributed by atoms with E-state index in [1.54, 1.807) is 4.58 Å². The Morgan fingerprint density at radius 1 is 1.08 bits per heavy atom. The van der Waals surface area contributed by atoms with Gasteiger partial charge in [-0.2, -0.15) is 18.2 Å². The molecule has 1 aromatic heterocycles. The molecule has 0 radical (unpaired) electrons. The van der Waals surface area contributed by atoms with Crippen molar-refractivity contribution in [2.45, 2.75) is 37.9 Å². The number of nitrogens with zero attached hydrogens (tertiary/aromatic N) is 3. The van der Waals surface area contributed by atoms with Crippen molar-refractivity contribution in [2.75, 3.05) is 26.4 Å². The van der Waals surface area contributed by atoms with Crippen LogP contribution in [0.3, 0.4) is 0 Å². The molecule has 37 heavy (non-hydrogen) atoms. The maximum Gasteiger partial charge on any atom is 0.419 e. The molecule has 0 amide bonds. The van der Waals surface area contributed by atoms with Gasteiger partial charge >= 0.3 is 12.1 Å². The molecule has 3 heterocycles. The van der Waals surface area contributed by atoms with Crippen LogP contribution in [0.2, 0.25) is 0 Å². The molecule has 5 rings (SSSR count). The molecule has 2 aliphatic rings. The number of hydrogen-bond acceptors (Lipinski definition) is 6. The van der Waals surface area contributed by atoms with Gasteiger partial charge in [0, 0.05) is 5.56 Å². The first-order valence-electron chi connectivity index (χ1n) is 12.0. The normalized spacial score (nSPS) is 17.2. The number of ether oxygens (including phenoxy) is 3. The van der Waals surface area contributed by atoms with Gasteiger partial charge in [-0.3, -0.25) is 16.0 Å². The number of rotatable bonds is 7. The van der Waals surface area contributed by atoms with E-state index in [-0.39, 0.29) is 41.6 Å². The first-order chi connectivity index (χ1) is 17.8. The van der Waals surface area contributed by atoms with Crippen molar-refractivity contribution in [3.63, 3.8) is 0 Å². The Kier molecular flexibility index (Phi) is 6.81. The molecule has 0 saturated carbocycles. The molecule has 12 heteroatoms. The monoisotopic (exact) mass is 518 g/mol. The van der Waals surface area contributed by atoms with Gasteiger partial charge in [0.2, 0.25) is 5.82 Å². The third-order valence-corrected chi connectivity index (χ3v) is 6.33. The molecular weight excluding hydrogens is 491 g/mol. The van der Waals surface area contributed by atoms with Gasteiger partial charge in [0.15, 0.2) is 17.5 Å². The number of guanidine groups is 1. The van der Waals surface area contributed by atoms with Gasteiger partial charge in [-0.25, -0.2) is 0 Å². The SMILES string of the molecule is NC(N)=[N+]1CCC[C@H]1c1nc(-c2ccc(OCCCc3ccc4c(c3)OCCO4)c(C(F)(F)F)c2)no1. The summed E-state index contributed by atoms with van der Waals surface area (Å²) in [6.07, 6.45) is -1.96. The second kappa shape index (κ2) is 10.2. The third kappa shape index (κ3) is 5.42. The van der Waals surface area contributed by atoms with Crippen LogP contribution >= 0.6 is 0 Å². The summed E-state index contributed by atoms with van der Waals surface area (Å²) in [5, 5.41) is 3.89. The highest BCUT2D eigenvalue weighted by Gasteiger charge is 2.36. The summed E-state index contributed by atoms with van der Waals surface area (Å²) < 4.78 is 65.3. The molecule has 0 spiro atoms. The number of halogens is 3. The number of aromatic nitrogens is 2. The summed E-state index contributed by atoms with van der Waals surface area (Å²) in [5.41, 5.74) is 11.7. The summed E-state index contributed by atoms with van der Waals surface area (Å²) in [7, 11) is 0. The summed E-state index contributed by atoms with van der Waals surface area (Å²) in [6.45, 7) is 1.75. The van der Waals surface area contributed by atoms with Gasteiger partial charge in [0.05, 0.1) is 18.7 Å². The van der Waals surface area contributed by atoms with E-state index in [1.165, 1.54) is 12.1 Å². The van der Waals surface area contributed by atoms with Gasteiger partial charge in [-0.1, -0.05) is 11.2 Å². The van der Waals surface area contributed by atoms with Gasteiger partial charge < -0.3 is 18.7 Å². The van der Waals surface area contributed by atoms with Crippen LogP contribution in [-0.2, 0) is 12.6 Å². The molecule has 1 saturated heterocycles. The Labute approximate surface area is 210 Å². The average molecular weight is 519 g/mol. The molecule has 0 bridgehead atoms. The van der Waals surface area contributed by atoms with Crippen molar-refractivity contribution >= 4 is 5.96 Å². The third-order valence-electron chi connectivity index (χ3n) is 6.33. The summed E-state index contributed by atoms with van der Waals surface area (Å²) >= 11 is 0. The fraction of sp³-hybridized carbons (Fsp3) is 0.400. The Hall–Kier alpha value is -3.96. The van der Waals surface area contributed by atoms with Crippen LogP contribution in [0.15, 0.2) is 40.9 Å². The minimum Gasteiger partial charge on any atom is -0.493 e. The topological polar surface area (TPSA) is 122 Å². The quantitative estimate of drug-likeness (QED) is 0.276. The lowest BCUT2D eigenvalue weighted by Gasteiger charge is -2.19. The molecular formula is C25H27F3N5O4+. The Balaban J connectivity index is 1.27. The highest BCUT2D eigenvalue weighted by molar-refractivity contribution is 5.70. The van der Waals surface area contributed by atoms with E-state index in [4.69, 9.17) is 30.2 Å². The molecule has 1 atom stereocenters. The lowest BCUT2D eigenvalue weighted by molar-refractivity contribution is -0.555. The van der Waals surface area contributed by atoms with E-state index in [0.717, 1.165) is 18.1 Å². The smallest absolute Gasteiger partial charge is 0.419 e. The van der Waals surface area contributed by atoms with E-state index in [9.17, 15) is 13.2 Å². The van der Waals surface area contributed by atoms with Crippen LogP contribution < -0.4 is 25.7 Å². The van der Waals surface area contributed by atoms with Crippen molar-refractivity contribution in [3.8, 4) is 28.6 Å². The summed E-state index contributed by atoms with van der Waals surface area (Å²) in [5.74, 6) is 1.56. The van der Waals surface area contributed by atoms with Crippen molar-refractivity contribution in [3.05, 3.63) is 53.4 Å². The molecule has 2 aromatic carbocycles. The van der Waals surface area contributed by atoms with Gasteiger partial charge in [-0.15, -0.1) is 0 Å². The Bertz CT molecular complexity index is 1300. The fourth-order valence-electron chi connectivity index (χ4n) is 4.54. The molecule has 1 fully saturated rings. The highest BCUT2D eigenvalue weighted by Crippen LogP contribution is 2.39. The molecule has 196 valence electrons. The number of alkyl halides is 3. The molecule has 4 N–H and O–H groups in total. The van der Waals surface area contributed by atoms with Crippen molar-refractivity contribution in [1.82, 2.24) is 10.1 Å². The lowest BCUT2D eigenvalue weighted by Crippen LogP contribution is -2.35. The van der Waals surface area contributed by atoms with Crippen LogP contribution in [0.25, 0.3) is 11.4 Å². The Morgan fingerprint density at radius 3 is 2.68 bits per heavy atom. The number of hydrogen-bond donors (Lipinski definition) is 2. The van der Waals surface area contributed by atoms with E-state index in [0.29, 0.717) is 50.5 Å². The molecule has 0 aliphatic carbocycles. The van der Waals surface area contributed by atoms with E-state index < -0.39 is 11.7 Å². The van der Waals surface area contributed by atoms with Crippen LogP contribution in [0, 0.1) is 0 Å². The second-order valence-electron chi connectivity index (χ2n) is 8.87. The highest BCUT2D eigenvalue weighted by atomic mass is 19.4. The van der Waals surface area contributed by atoms with Crippen LogP contribution in [-0.4, -0.2) is 47.0 Å². The standard InChI is InChI=1S/C25H26F3N5O4/c26-25(27,28)17-14-16(22-31-23(37-32-22)18-4-1-9-33(18)24(29)30)6-8-19(17)34-10-2-3-15-5-7-20-21(13-15)36-12-11-35-20/h5-8,13-14,18H,1-4,9-12H2,(H3,29,30)/p+1/t18-/m0/s1. The minimum absolute atomic E-state index is 0.0492. The predicted molar refractivity (Wildman–Crippen MR) is 126 cm³/mol. The average Bonchev–Trinajstić information content (AvgIpc) is 3.56. The van der Waals surface area contributed by atoms with Crippen LogP contribution in [0.1, 0.15) is 42.3 Å². The predicted octanol–water partition coefficient (Wildman–Crippen LogP) is 3.66. The largest absolute Gasteiger partial charge is 0.493 e. The summed E-state index contributed by atoms with van der Waals surface area (Å²) in [4.78, 5) is 4.32. The first kappa shape index (κ1) is 24.7. The van der Waals surface area contributed by atoms with Crippen LogP contribution in [0.4, 0.5) is 13.2 Å². The zero-order valence-electron chi connectivity index (χ0n) is 20.0. The maximum atomic E-state index is 13.9.